The Labute approximate surface area is 142 Å². The number of alkyl halides is 3. The van der Waals surface area contributed by atoms with E-state index in [0.717, 1.165) is 12.1 Å². The molecule has 0 aromatic heterocycles. The molecule has 1 saturated heterocycles. The van der Waals surface area contributed by atoms with Gasteiger partial charge >= 0.3 is 12.2 Å². The van der Waals surface area contributed by atoms with Crippen LogP contribution in [0.1, 0.15) is 24.9 Å². The Balaban J connectivity index is 1.74. The zero-order chi connectivity index (χ0) is 18.6. The fourth-order valence-corrected chi connectivity index (χ4v) is 2.83. The number of halogens is 5. The zero-order valence-electron chi connectivity index (χ0n) is 13.7. The van der Waals surface area contributed by atoms with E-state index in [1.807, 2.05) is 0 Å². The number of benzene rings is 1. The third-order valence-corrected chi connectivity index (χ3v) is 4.12. The maximum Gasteiger partial charge on any atom is 0.401 e. The first-order valence-corrected chi connectivity index (χ1v) is 7.92. The van der Waals surface area contributed by atoms with Crippen molar-refractivity contribution in [1.82, 2.24) is 15.5 Å². The van der Waals surface area contributed by atoms with Crippen molar-refractivity contribution in [3.05, 3.63) is 35.4 Å². The number of nitrogens with one attached hydrogen (secondary N) is 2. The van der Waals surface area contributed by atoms with Crippen LogP contribution in [0.4, 0.5) is 26.7 Å². The minimum atomic E-state index is -4.22. The lowest BCUT2D eigenvalue weighted by Gasteiger charge is -2.19. The highest BCUT2D eigenvalue weighted by atomic mass is 19.4. The maximum atomic E-state index is 13.2. The van der Waals surface area contributed by atoms with E-state index in [4.69, 9.17) is 0 Å². The molecule has 0 bridgehead atoms. The smallest absolute Gasteiger partial charge is 0.338 e. The monoisotopic (exact) mass is 365 g/mol. The van der Waals surface area contributed by atoms with E-state index >= 15 is 0 Å². The third-order valence-electron chi connectivity index (χ3n) is 4.12. The van der Waals surface area contributed by atoms with Crippen molar-refractivity contribution >= 4 is 6.03 Å². The standard InChI is InChI=1S/C16H20F5N3O/c1-10(12-2-3-13(17)14(18)6-12)23-15(25)22-7-11-4-5-24(8-11)9-16(19,20)21/h2-3,6,10-11H,4-5,7-9H2,1H3,(H2,22,23,25)/t10-,11+/m0/s1. The van der Waals surface area contributed by atoms with Gasteiger partial charge in [0, 0.05) is 13.1 Å². The molecule has 0 aliphatic carbocycles. The summed E-state index contributed by atoms with van der Waals surface area (Å²) in [7, 11) is 0. The van der Waals surface area contributed by atoms with Gasteiger partial charge in [-0.25, -0.2) is 13.6 Å². The van der Waals surface area contributed by atoms with Crippen molar-refractivity contribution in [1.29, 1.82) is 0 Å². The second kappa shape index (κ2) is 7.99. The summed E-state index contributed by atoms with van der Waals surface area (Å²) in [5.74, 6) is -2.01. The Kier molecular flexibility index (Phi) is 6.21. The molecule has 1 aromatic rings. The summed E-state index contributed by atoms with van der Waals surface area (Å²) in [6, 6.07) is 2.31. The van der Waals surface area contributed by atoms with Gasteiger partial charge in [-0.15, -0.1) is 0 Å². The molecule has 0 unspecified atom stereocenters. The molecule has 1 heterocycles. The van der Waals surface area contributed by atoms with Gasteiger partial charge in [0.25, 0.3) is 0 Å². The average molecular weight is 365 g/mol. The number of likely N-dealkylation sites (tertiary alicyclic amines) is 1. The predicted molar refractivity (Wildman–Crippen MR) is 81.9 cm³/mol. The molecule has 4 nitrogen and oxygen atoms in total. The fraction of sp³-hybridized carbons (Fsp3) is 0.562. The van der Waals surface area contributed by atoms with Crippen LogP contribution in [0.5, 0.6) is 0 Å². The van der Waals surface area contributed by atoms with E-state index in [-0.39, 0.29) is 19.0 Å². The second-order valence-corrected chi connectivity index (χ2v) is 6.25. The Morgan fingerprint density at radius 1 is 1.32 bits per heavy atom. The molecule has 140 valence electrons. The minimum absolute atomic E-state index is 0.0494. The SMILES string of the molecule is C[C@H](NC(=O)NC[C@H]1CCN(CC(F)(F)F)C1)c1ccc(F)c(F)c1. The first-order valence-electron chi connectivity index (χ1n) is 7.92. The maximum absolute atomic E-state index is 13.2. The van der Waals surface area contributed by atoms with Crippen LogP contribution in [-0.4, -0.2) is 43.3 Å². The van der Waals surface area contributed by atoms with Crippen molar-refractivity contribution in [3.63, 3.8) is 0 Å². The lowest BCUT2D eigenvalue weighted by atomic mass is 10.1. The number of rotatable bonds is 5. The van der Waals surface area contributed by atoms with Crippen molar-refractivity contribution < 1.29 is 26.7 Å². The molecule has 0 saturated carbocycles. The number of nitrogens with zero attached hydrogens (tertiary/aromatic N) is 1. The van der Waals surface area contributed by atoms with E-state index in [1.54, 1.807) is 6.92 Å². The molecule has 2 atom stereocenters. The van der Waals surface area contributed by atoms with E-state index in [1.165, 1.54) is 11.0 Å². The molecule has 25 heavy (non-hydrogen) atoms. The largest absolute Gasteiger partial charge is 0.401 e. The van der Waals surface area contributed by atoms with Crippen LogP contribution < -0.4 is 10.6 Å². The number of hydrogen-bond donors (Lipinski definition) is 2. The van der Waals surface area contributed by atoms with E-state index in [9.17, 15) is 26.7 Å². The molecule has 0 spiro atoms. The van der Waals surface area contributed by atoms with Gasteiger partial charge in [-0.2, -0.15) is 13.2 Å². The van der Waals surface area contributed by atoms with Gasteiger partial charge in [0.1, 0.15) is 0 Å². The summed E-state index contributed by atoms with van der Waals surface area (Å²) in [6.45, 7) is 1.55. The number of urea groups is 1. The van der Waals surface area contributed by atoms with Crippen molar-refractivity contribution in [2.75, 3.05) is 26.2 Å². The molecule has 0 radical (unpaired) electrons. The van der Waals surface area contributed by atoms with Crippen LogP contribution in [0.2, 0.25) is 0 Å². The fourth-order valence-electron chi connectivity index (χ4n) is 2.83. The average Bonchev–Trinajstić information content (AvgIpc) is 2.93. The van der Waals surface area contributed by atoms with Crippen molar-refractivity contribution in [3.8, 4) is 0 Å². The lowest BCUT2D eigenvalue weighted by molar-refractivity contribution is -0.143. The van der Waals surface area contributed by atoms with Gasteiger partial charge in [0.2, 0.25) is 0 Å². The predicted octanol–water partition coefficient (Wildman–Crippen LogP) is 3.21. The Bertz CT molecular complexity index is 608. The molecule has 2 rings (SSSR count). The van der Waals surface area contributed by atoms with Crippen LogP contribution in [0.25, 0.3) is 0 Å². The molecule has 2 amide bonds. The first kappa shape index (κ1) is 19.4. The topological polar surface area (TPSA) is 44.4 Å². The Morgan fingerprint density at radius 2 is 2.04 bits per heavy atom. The molecule has 2 N–H and O–H groups in total. The van der Waals surface area contributed by atoms with E-state index in [0.29, 0.717) is 18.5 Å². The van der Waals surface area contributed by atoms with Gasteiger partial charge in [0.15, 0.2) is 11.6 Å². The van der Waals surface area contributed by atoms with E-state index in [2.05, 4.69) is 10.6 Å². The Morgan fingerprint density at radius 3 is 2.68 bits per heavy atom. The van der Waals surface area contributed by atoms with Crippen LogP contribution in [0.3, 0.4) is 0 Å². The third kappa shape index (κ3) is 6.15. The van der Waals surface area contributed by atoms with Crippen LogP contribution >= 0.6 is 0 Å². The molecule has 9 heteroatoms. The molecule has 1 fully saturated rings. The molecular weight excluding hydrogens is 345 g/mol. The summed E-state index contributed by atoms with van der Waals surface area (Å²) in [4.78, 5) is 13.2. The summed E-state index contributed by atoms with van der Waals surface area (Å²) < 4.78 is 63.1. The van der Waals surface area contributed by atoms with Crippen molar-refractivity contribution in [2.45, 2.75) is 25.6 Å². The van der Waals surface area contributed by atoms with Gasteiger partial charge in [-0.1, -0.05) is 6.07 Å². The molecule has 1 aliphatic heterocycles. The highest BCUT2D eigenvalue weighted by Gasteiger charge is 2.34. The highest BCUT2D eigenvalue weighted by molar-refractivity contribution is 5.74. The summed E-state index contributed by atoms with van der Waals surface area (Å²) >= 11 is 0. The molecular formula is C16H20F5N3O. The number of amides is 2. The van der Waals surface area contributed by atoms with Crippen LogP contribution in [0, 0.1) is 17.6 Å². The van der Waals surface area contributed by atoms with Gasteiger partial charge in [-0.05, 0) is 43.5 Å². The summed E-state index contributed by atoms with van der Waals surface area (Å²) in [6.07, 6.45) is -3.64. The minimum Gasteiger partial charge on any atom is -0.338 e. The first-order chi connectivity index (χ1) is 11.6. The highest BCUT2D eigenvalue weighted by Crippen LogP contribution is 2.22. The van der Waals surface area contributed by atoms with Gasteiger partial charge in [-0.3, -0.25) is 4.90 Å². The van der Waals surface area contributed by atoms with Gasteiger partial charge < -0.3 is 10.6 Å². The zero-order valence-corrected chi connectivity index (χ0v) is 13.7. The van der Waals surface area contributed by atoms with Crippen LogP contribution in [-0.2, 0) is 0 Å². The molecule has 1 aliphatic rings. The summed E-state index contributed by atoms with van der Waals surface area (Å²) in [5, 5.41) is 5.19. The quantitative estimate of drug-likeness (QED) is 0.787. The summed E-state index contributed by atoms with van der Waals surface area (Å²) in [5.41, 5.74) is 0.409. The number of carbonyl (C=O) groups excluding carboxylic acids is 1. The number of hydrogen-bond acceptors (Lipinski definition) is 2. The normalized spacial score (nSPS) is 19.7. The second-order valence-electron chi connectivity index (χ2n) is 6.25. The number of carbonyl (C=O) groups is 1. The lowest BCUT2D eigenvalue weighted by Crippen LogP contribution is -2.40. The van der Waals surface area contributed by atoms with Gasteiger partial charge in [0.05, 0.1) is 12.6 Å². The Hall–Kier alpha value is -1.90. The van der Waals surface area contributed by atoms with E-state index < -0.39 is 36.4 Å². The molecule has 1 aromatic carbocycles. The van der Waals surface area contributed by atoms with Crippen molar-refractivity contribution in [2.24, 2.45) is 5.92 Å². The van der Waals surface area contributed by atoms with Crippen LogP contribution in [0.15, 0.2) is 18.2 Å².